The van der Waals surface area contributed by atoms with Crippen molar-refractivity contribution in [3.8, 4) is 0 Å². The molecule has 12 nitrogen and oxygen atoms in total. The van der Waals surface area contributed by atoms with Gasteiger partial charge in [-0.25, -0.2) is 0 Å². The van der Waals surface area contributed by atoms with Crippen molar-refractivity contribution < 1.29 is 62.9 Å². The molecule has 0 bridgehead atoms. The number of hydrogen-bond acceptors (Lipinski definition) is 4. The smallest absolute Gasteiger partial charge is 0.302 e. The zero-order valence-corrected chi connectivity index (χ0v) is 12.0. The lowest BCUT2D eigenvalue weighted by Crippen LogP contribution is -1.95. The molecule has 0 aromatic rings. The maximum Gasteiger partial charge on any atom is 0.302 e. The van der Waals surface area contributed by atoms with Crippen LogP contribution in [0.3, 0.4) is 0 Å². The second-order valence-corrected chi connectivity index (χ2v) is 1.85. The summed E-state index contributed by atoms with van der Waals surface area (Å²) >= 11 is 0. The Bertz CT molecular complexity index is 123. The van der Waals surface area contributed by atoms with Gasteiger partial charge in [0.2, 0.25) is 0 Å². The Kier molecular flexibility index (Phi) is 255. The molecule has 16 N–H and O–H groups in total. The van der Waals surface area contributed by atoms with E-state index in [0.717, 1.165) is 0 Å². The number of esters is 2. The van der Waals surface area contributed by atoms with Crippen molar-refractivity contribution in [1.82, 2.24) is 0 Å². The number of carbonyl (C=O) groups excluding carboxylic acids is 2. The highest BCUT2D eigenvalue weighted by Gasteiger charge is 1.82. The minimum atomic E-state index is -0.211. The van der Waals surface area contributed by atoms with Gasteiger partial charge in [-0.1, -0.05) is 0 Å². The van der Waals surface area contributed by atoms with Crippen LogP contribution in [0.2, 0.25) is 0 Å². The van der Waals surface area contributed by atoms with E-state index in [1.54, 1.807) is 13.8 Å². The van der Waals surface area contributed by atoms with Crippen LogP contribution in [-0.2, 0) is 19.1 Å². The van der Waals surface area contributed by atoms with Crippen molar-refractivity contribution in [2.75, 3.05) is 13.2 Å². The molecule has 0 aliphatic rings. The standard InChI is InChI=1S/2C4H8O2.8H2O/c2*1-3-6-4(2)5;;;;;;;;/h2*3H2,1-2H3;8*1H2. The predicted octanol–water partition coefficient (Wildman–Crippen LogP) is -5.46. The molecule has 0 saturated heterocycles. The Labute approximate surface area is 117 Å². The van der Waals surface area contributed by atoms with E-state index in [2.05, 4.69) is 9.47 Å². The van der Waals surface area contributed by atoms with Crippen LogP contribution in [0.15, 0.2) is 0 Å². The van der Waals surface area contributed by atoms with E-state index in [-0.39, 0.29) is 55.7 Å². The van der Waals surface area contributed by atoms with E-state index in [4.69, 9.17) is 0 Å². The normalized spacial score (nSPS) is 4.60. The molecule has 0 atom stereocenters. The highest BCUT2D eigenvalue weighted by Crippen LogP contribution is 1.70. The van der Waals surface area contributed by atoms with Crippen molar-refractivity contribution in [2.45, 2.75) is 27.7 Å². The van der Waals surface area contributed by atoms with Crippen LogP contribution in [0.4, 0.5) is 0 Å². The van der Waals surface area contributed by atoms with Gasteiger partial charge in [0.05, 0.1) is 13.2 Å². The highest BCUT2D eigenvalue weighted by atomic mass is 16.5. The Morgan fingerprint density at radius 2 is 0.750 bits per heavy atom. The summed E-state index contributed by atoms with van der Waals surface area (Å²) in [7, 11) is 0. The van der Waals surface area contributed by atoms with Gasteiger partial charge in [0.15, 0.2) is 0 Å². The molecule has 0 fully saturated rings. The van der Waals surface area contributed by atoms with Crippen LogP contribution in [-0.4, -0.2) is 69.0 Å². The van der Waals surface area contributed by atoms with Gasteiger partial charge in [0.1, 0.15) is 0 Å². The maximum absolute atomic E-state index is 9.82. The van der Waals surface area contributed by atoms with Gasteiger partial charge >= 0.3 is 11.9 Å². The average Bonchev–Trinajstić information content (AvgIpc) is 1.87. The Morgan fingerprint density at radius 1 is 0.600 bits per heavy atom. The Hall–Kier alpha value is -1.38. The molecule has 0 amide bonds. The number of rotatable bonds is 2. The summed E-state index contributed by atoms with van der Waals surface area (Å²) in [5.41, 5.74) is 0. The fourth-order valence-corrected chi connectivity index (χ4v) is 0.407. The quantitative estimate of drug-likeness (QED) is 0.449. The van der Waals surface area contributed by atoms with Crippen LogP contribution in [0.25, 0.3) is 0 Å². The van der Waals surface area contributed by atoms with E-state index in [1.165, 1.54) is 13.8 Å². The summed E-state index contributed by atoms with van der Waals surface area (Å²) in [5.74, 6) is -0.421. The van der Waals surface area contributed by atoms with Crippen LogP contribution in [0, 0.1) is 0 Å². The highest BCUT2D eigenvalue weighted by molar-refractivity contribution is 5.66. The lowest BCUT2D eigenvalue weighted by Gasteiger charge is -1.89. The molecular formula is C8H32O12. The zero-order valence-electron chi connectivity index (χ0n) is 12.0. The summed E-state index contributed by atoms with van der Waals surface area (Å²) in [6.45, 7) is 7.31. The minimum absolute atomic E-state index is 0. The van der Waals surface area contributed by atoms with Crippen molar-refractivity contribution >= 4 is 11.9 Å². The molecule has 0 spiro atoms. The van der Waals surface area contributed by atoms with Gasteiger partial charge < -0.3 is 53.3 Å². The van der Waals surface area contributed by atoms with E-state index in [0.29, 0.717) is 13.2 Å². The molecule has 12 heteroatoms. The summed E-state index contributed by atoms with van der Waals surface area (Å²) in [4.78, 5) is 19.6. The van der Waals surface area contributed by atoms with Gasteiger partial charge in [-0.05, 0) is 13.8 Å². The molecule has 0 aliphatic heterocycles. The first-order valence-electron chi connectivity index (χ1n) is 3.81. The van der Waals surface area contributed by atoms with Gasteiger partial charge in [-0.3, -0.25) is 9.59 Å². The number of hydrogen-bond donors (Lipinski definition) is 0. The fourth-order valence-electron chi connectivity index (χ4n) is 0.407. The molecule has 0 heterocycles. The van der Waals surface area contributed by atoms with Crippen molar-refractivity contribution in [3.63, 3.8) is 0 Å². The van der Waals surface area contributed by atoms with E-state index >= 15 is 0 Å². The third kappa shape index (κ3) is 190. The van der Waals surface area contributed by atoms with Gasteiger partial charge in [-0.2, -0.15) is 0 Å². The molecule has 136 valence electrons. The fraction of sp³-hybridized carbons (Fsp3) is 0.750. The van der Waals surface area contributed by atoms with Crippen molar-refractivity contribution in [2.24, 2.45) is 0 Å². The first-order valence-corrected chi connectivity index (χ1v) is 3.81. The zero-order chi connectivity index (χ0) is 9.98. The molecule has 0 aromatic heterocycles. The first-order chi connectivity index (χ1) is 5.54. The van der Waals surface area contributed by atoms with Crippen molar-refractivity contribution in [1.29, 1.82) is 0 Å². The monoisotopic (exact) mass is 320 g/mol. The second kappa shape index (κ2) is 65.5. The SMILES string of the molecule is CCOC(C)=O.CCOC(C)=O.O.O.O.O.O.O.O.O. The summed E-state index contributed by atoms with van der Waals surface area (Å²) in [6.07, 6.45) is 0. The topological polar surface area (TPSA) is 305 Å². The molecule has 0 unspecified atom stereocenters. The largest absolute Gasteiger partial charge is 0.466 e. The third-order valence-electron chi connectivity index (χ3n) is 0.695. The molecule has 0 radical (unpaired) electrons. The third-order valence-corrected chi connectivity index (χ3v) is 0.695. The van der Waals surface area contributed by atoms with Crippen LogP contribution in [0.5, 0.6) is 0 Å². The minimum Gasteiger partial charge on any atom is -0.466 e. The second-order valence-electron chi connectivity index (χ2n) is 1.85. The van der Waals surface area contributed by atoms with Crippen LogP contribution >= 0.6 is 0 Å². The summed E-state index contributed by atoms with van der Waals surface area (Å²) in [5, 5.41) is 0. The van der Waals surface area contributed by atoms with E-state index in [9.17, 15) is 9.59 Å². The summed E-state index contributed by atoms with van der Waals surface area (Å²) < 4.78 is 8.81. The van der Waals surface area contributed by atoms with Crippen LogP contribution < -0.4 is 0 Å². The first kappa shape index (κ1) is 77.8. The van der Waals surface area contributed by atoms with E-state index < -0.39 is 0 Å². The molecule has 0 aliphatic carbocycles. The van der Waals surface area contributed by atoms with Crippen molar-refractivity contribution in [3.05, 3.63) is 0 Å². The predicted molar refractivity (Wildman–Crippen MR) is 73.5 cm³/mol. The Morgan fingerprint density at radius 3 is 0.750 bits per heavy atom. The molecule has 0 aromatic carbocycles. The summed E-state index contributed by atoms with van der Waals surface area (Å²) in [6, 6.07) is 0. The molecule has 20 heavy (non-hydrogen) atoms. The molecule has 0 rings (SSSR count). The number of carbonyl (C=O) groups is 2. The van der Waals surface area contributed by atoms with E-state index in [1.807, 2.05) is 0 Å². The van der Waals surface area contributed by atoms with Gasteiger partial charge in [0, 0.05) is 13.8 Å². The number of ether oxygens (including phenoxy) is 2. The van der Waals surface area contributed by atoms with Gasteiger partial charge in [-0.15, -0.1) is 0 Å². The Balaban J connectivity index is -0.00000000893. The molecule has 0 saturated carbocycles. The lowest BCUT2D eigenvalue weighted by atomic mass is 10.8. The van der Waals surface area contributed by atoms with Crippen LogP contribution in [0.1, 0.15) is 27.7 Å². The lowest BCUT2D eigenvalue weighted by molar-refractivity contribution is -0.141. The molecular weight excluding hydrogens is 288 g/mol. The van der Waals surface area contributed by atoms with Gasteiger partial charge in [0.25, 0.3) is 0 Å². The average molecular weight is 320 g/mol. The maximum atomic E-state index is 9.82.